The first kappa shape index (κ1) is 11.7. The number of nitrogens with one attached hydrogen (secondary N) is 1. The molecule has 0 saturated carbocycles. The Labute approximate surface area is 117 Å². The third kappa shape index (κ3) is 1.72. The molecule has 3 aromatic rings. The zero-order chi connectivity index (χ0) is 12.9. The van der Waals surface area contributed by atoms with Gasteiger partial charge in [0.2, 0.25) is 0 Å². The smallest absolute Gasteiger partial charge is 0.143 e. The summed E-state index contributed by atoms with van der Waals surface area (Å²) in [5, 5.41) is 0.697. The number of aryl methyl sites for hydroxylation is 2. The van der Waals surface area contributed by atoms with Crippen LogP contribution in [0.3, 0.4) is 0 Å². The molecule has 0 radical (unpaired) electrons. The average molecular weight is 323 g/mol. The zero-order valence-corrected chi connectivity index (χ0v) is 12.3. The van der Waals surface area contributed by atoms with E-state index in [9.17, 15) is 0 Å². The summed E-state index contributed by atoms with van der Waals surface area (Å²) in [5.41, 5.74) is 10.9. The summed E-state index contributed by atoms with van der Waals surface area (Å²) in [4.78, 5) is 7.93. The molecule has 0 fully saturated rings. The maximum Gasteiger partial charge on any atom is 0.143 e. The molecule has 0 bridgehead atoms. The molecule has 2 heterocycles. The fraction of sp³-hybridized carbons (Fsp3) is 0.167. The molecule has 0 aliphatic heterocycles. The van der Waals surface area contributed by atoms with E-state index in [0.717, 1.165) is 38.2 Å². The maximum absolute atomic E-state index is 5.95. The highest BCUT2D eigenvalue weighted by atomic mass is 79.9. The van der Waals surface area contributed by atoms with Crippen LogP contribution in [0.4, 0.5) is 5.00 Å². The Morgan fingerprint density at radius 1 is 1.33 bits per heavy atom. The van der Waals surface area contributed by atoms with E-state index in [-0.39, 0.29) is 0 Å². The summed E-state index contributed by atoms with van der Waals surface area (Å²) in [6.45, 7) is 3.98. The number of H-pyrrole nitrogens is 1. The van der Waals surface area contributed by atoms with E-state index >= 15 is 0 Å². The molecule has 0 amide bonds. The van der Waals surface area contributed by atoms with Gasteiger partial charge in [-0.1, -0.05) is 15.9 Å². The second-order valence-electron chi connectivity index (χ2n) is 4.21. The van der Waals surface area contributed by atoms with Crippen LogP contribution in [0.5, 0.6) is 0 Å². The van der Waals surface area contributed by atoms with Crippen LogP contribution in [0.1, 0.15) is 11.3 Å². The minimum atomic E-state index is 0.697. The first-order chi connectivity index (χ1) is 8.56. The molecule has 0 saturated heterocycles. The number of nitrogens with two attached hydrogens (primary N) is 1. The number of aromatic amines is 1. The van der Waals surface area contributed by atoms with Crippen LogP contribution in [0, 0.1) is 13.8 Å². The molecular weight excluding hydrogens is 312 g/mol. The van der Waals surface area contributed by atoms with Gasteiger partial charge in [0.1, 0.15) is 10.8 Å². The van der Waals surface area contributed by atoms with Crippen molar-refractivity contribution in [2.24, 2.45) is 0 Å². The first-order valence-electron chi connectivity index (χ1n) is 5.44. The van der Waals surface area contributed by atoms with Gasteiger partial charge < -0.3 is 10.7 Å². The monoisotopic (exact) mass is 322 g/mol. The lowest BCUT2D eigenvalue weighted by Crippen LogP contribution is -1.87. The average Bonchev–Trinajstić information content (AvgIpc) is 2.82. The van der Waals surface area contributed by atoms with Crippen LogP contribution < -0.4 is 5.73 Å². The fourth-order valence-electron chi connectivity index (χ4n) is 2.04. The lowest BCUT2D eigenvalue weighted by atomic mass is 10.2. The Morgan fingerprint density at radius 3 is 2.78 bits per heavy atom. The van der Waals surface area contributed by atoms with Crippen LogP contribution in [0.15, 0.2) is 16.6 Å². The Hall–Kier alpha value is -1.40. The molecule has 0 aliphatic rings. The van der Waals surface area contributed by atoms with E-state index in [4.69, 9.17) is 5.73 Å². The molecule has 0 unspecified atom stereocenters. The second kappa shape index (κ2) is 4.07. The Balaban J connectivity index is 2.29. The van der Waals surface area contributed by atoms with E-state index in [0.29, 0.717) is 5.00 Å². The van der Waals surface area contributed by atoms with E-state index in [1.54, 1.807) is 0 Å². The molecule has 92 valence electrons. The van der Waals surface area contributed by atoms with Crippen LogP contribution >= 0.6 is 27.5 Å². The number of imidazole rings is 1. The normalized spacial score (nSPS) is 11.3. The molecule has 0 atom stereocenters. The third-order valence-electron chi connectivity index (χ3n) is 2.87. The predicted molar refractivity (Wildman–Crippen MR) is 78.8 cm³/mol. The van der Waals surface area contributed by atoms with Crippen molar-refractivity contribution in [1.82, 2.24) is 14.3 Å². The molecule has 1 aromatic carbocycles. The lowest BCUT2D eigenvalue weighted by Gasteiger charge is -1.94. The maximum atomic E-state index is 5.95. The number of rotatable bonds is 1. The number of aromatic nitrogens is 3. The van der Waals surface area contributed by atoms with Crippen LogP contribution in [-0.4, -0.2) is 14.3 Å². The number of hydrogen-bond donors (Lipinski definition) is 2. The van der Waals surface area contributed by atoms with Crippen molar-refractivity contribution < 1.29 is 0 Å². The van der Waals surface area contributed by atoms with Crippen molar-refractivity contribution in [3.63, 3.8) is 0 Å². The van der Waals surface area contributed by atoms with Gasteiger partial charge in [0, 0.05) is 4.47 Å². The molecule has 6 heteroatoms. The van der Waals surface area contributed by atoms with Crippen LogP contribution in [0.25, 0.3) is 22.4 Å². The quantitative estimate of drug-likeness (QED) is 0.718. The summed E-state index contributed by atoms with van der Waals surface area (Å²) in [5.74, 6) is 0.787. The highest BCUT2D eigenvalue weighted by Crippen LogP contribution is 2.32. The molecule has 3 N–H and O–H groups in total. The highest BCUT2D eigenvalue weighted by Gasteiger charge is 2.15. The highest BCUT2D eigenvalue weighted by molar-refractivity contribution is 9.10. The largest absolute Gasteiger partial charge is 0.389 e. The van der Waals surface area contributed by atoms with Gasteiger partial charge in [-0.15, -0.1) is 0 Å². The Kier molecular flexibility index (Phi) is 2.64. The SMILES string of the molecule is Cc1nsc(N)c1-c1nc2c(C)cc(Br)cc2[nH]1. The summed E-state index contributed by atoms with van der Waals surface area (Å²) in [7, 11) is 0. The molecule has 3 rings (SSSR count). The van der Waals surface area contributed by atoms with Gasteiger partial charge in [-0.25, -0.2) is 4.98 Å². The number of nitrogens with zero attached hydrogens (tertiary/aromatic N) is 2. The molecule has 18 heavy (non-hydrogen) atoms. The van der Waals surface area contributed by atoms with Gasteiger partial charge in [0.15, 0.2) is 0 Å². The number of fused-ring (bicyclic) bond motifs is 1. The third-order valence-corrected chi connectivity index (χ3v) is 4.09. The Bertz CT molecular complexity index is 724. The lowest BCUT2D eigenvalue weighted by molar-refractivity contribution is 1.28. The molecular formula is C12H11BrN4S. The number of benzene rings is 1. The van der Waals surface area contributed by atoms with E-state index in [1.807, 2.05) is 19.9 Å². The van der Waals surface area contributed by atoms with E-state index in [1.165, 1.54) is 11.5 Å². The molecule has 0 spiro atoms. The van der Waals surface area contributed by atoms with Crippen LogP contribution in [0.2, 0.25) is 0 Å². The molecule has 0 aliphatic carbocycles. The summed E-state index contributed by atoms with van der Waals surface area (Å²) in [6.07, 6.45) is 0. The van der Waals surface area contributed by atoms with E-state index in [2.05, 4.69) is 36.3 Å². The van der Waals surface area contributed by atoms with Crippen molar-refractivity contribution in [1.29, 1.82) is 0 Å². The van der Waals surface area contributed by atoms with Gasteiger partial charge in [-0.3, -0.25) is 0 Å². The fourth-order valence-corrected chi connectivity index (χ4v) is 3.27. The number of nitrogen functional groups attached to an aromatic ring is 1. The van der Waals surface area contributed by atoms with Gasteiger partial charge in [0.25, 0.3) is 0 Å². The topological polar surface area (TPSA) is 67.6 Å². The minimum Gasteiger partial charge on any atom is -0.389 e. The van der Waals surface area contributed by atoms with Gasteiger partial charge in [-0.2, -0.15) is 4.37 Å². The van der Waals surface area contributed by atoms with Crippen molar-refractivity contribution >= 4 is 43.5 Å². The molecule has 4 nitrogen and oxygen atoms in total. The standard InChI is InChI=1S/C12H11BrN4S/c1-5-3-7(13)4-8-10(5)16-12(15-8)9-6(2)17-18-11(9)14/h3-4H,14H2,1-2H3,(H,15,16). The summed E-state index contributed by atoms with van der Waals surface area (Å²) < 4.78 is 5.29. The Morgan fingerprint density at radius 2 is 2.11 bits per heavy atom. The van der Waals surface area contributed by atoms with E-state index < -0.39 is 0 Å². The number of hydrogen-bond acceptors (Lipinski definition) is 4. The second-order valence-corrected chi connectivity index (χ2v) is 5.93. The van der Waals surface area contributed by atoms with Crippen molar-refractivity contribution in [3.05, 3.63) is 27.9 Å². The van der Waals surface area contributed by atoms with Crippen molar-refractivity contribution in [3.8, 4) is 11.4 Å². The van der Waals surface area contributed by atoms with Gasteiger partial charge in [-0.05, 0) is 43.1 Å². The number of anilines is 1. The number of halogens is 1. The predicted octanol–water partition coefficient (Wildman–Crippen LogP) is 3.65. The van der Waals surface area contributed by atoms with Gasteiger partial charge >= 0.3 is 0 Å². The summed E-state index contributed by atoms with van der Waals surface area (Å²) >= 11 is 4.79. The van der Waals surface area contributed by atoms with Crippen LogP contribution in [-0.2, 0) is 0 Å². The van der Waals surface area contributed by atoms with Gasteiger partial charge in [0.05, 0.1) is 22.3 Å². The van der Waals surface area contributed by atoms with Crippen molar-refractivity contribution in [2.75, 3.05) is 5.73 Å². The molecule has 2 aromatic heterocycles. The zero-order valence-electron chi connectivity index (χ0n) is 9.91. The minimum absolute atomic E-state index is 0.697. The first-order valence-corrected chi connectivity index (χ1v) is 7.01. The summed E-state index contributed by atoms with van der Waals surface area (Å²) in [6, 6.07) is 4.07. The van der Waals surface area contributed by atoms with Crippen molar-refractivity contribution in [2.45, 2.75) is 13.8 Å².